The minimum atomic E-state index is 0.789. The zero-order chi connectivity index (χ0) is 11.8. The molecule has 0 amide bonds. The number of aryl methyl sites for hydroxylation is 1. The third-order valence-corrected chi connectivity index (χ3v) is 3.37. The van der Waals surface area contributed by atoms with Crippen molar-refractivity contribution in [3.8, 4) is 5.75 Å². The van der Waals surface area contributed by atoms with E-state index in [2.05, 4.69) is 22.9 Å². The first-order valence-corrected chi connectivity index (χ1v) is 7.25. The van der Waals surface area contributed by atoms with E-state index in [1.54, 1.807) is 0 Å². The van der Waals surface area contributed by atoms with Crippen LogP contribution < -0.4 is 4.74 Å². The highest BCUT2D eigenvalue weighted by atomic mass is 79.9. The SMILES string of the molecule is CCc1cc(OCCCCCBr)ccc1Cl. The fraction of sp³-hybridized carbons (Fsp3) is 0.538. The average molecular weight is 306 g/mol. The van der Waals surface area contributed by atoms with Crippen molar-refractivity contribution in [3.63, 3.8) is 0 Å². The van der Waals surface area contributed by atoms with Crippen LogP contribution >= 0.6 is 27.5 Å². The lowest BCUT2D eigenvalue weighted by molar-refractivity contribution is 0.306. The van der Waals surface area contributed by atoms with Crippen molar-refractivity contribution in [1.82, 2.24) is 0 Å². The molecule has 0 unspecified atom stereocenters. The summed E-state index contributed by atoms with van der Waals surface area (Å²) < 4.78 is 5.68. The molecule has 1 rings (SSSR count). The summed E-state index contributed by atoms with van der Waals surface area (Å²) in [6, 6.07) is 5.88. The molecule has 0 aliphatic heterocycles. The summed E-state index contributed by atoms with van der Waals surface area (Å²) >= 11 is 9.46. The number of rotatable bonds is 7. The molecule has 0 saturated heterocycles. The molecule has 3 heteroatoms. The van der Waals surface area contributed by atoms with Gasteiger partial charge in [0.2, 0.25) is 0 Å². The van der Waals surface area contributed by atoms with Crippen LogP contribution in [-0.2, 0) is 6.42 Å². The Hall–Kier alpha value is -0.210. The second kappa shape index (κ2) is 7.97. The maximum Gasteiger partial charge on any atom is 0.119 e. The van der Waals surface area contributed by atoms with Crippen molar-refractivity contribution in [2.45, 2.75) is 32.6 Å². The van der Waals surface area contributed by atoms with E-state index in [0.717, 1.165) is 41.1 Å². The summed E-state index contributed by atoms with van der Waals surface area (Å²) in [4.78, 5) is 0. The maximum absolute atomic E-state index is 6.04. The van der Waals surface area contributed by atoms with Gasteiger partial charge in [-0.05, 0) is 49.4 Å². The molecule has 0 heterocycles. The van der Waals surface area contributed by atoms with Gasteiger partial charge in [-0.3, -0.25) is 0 Å². The minimum absolute atomic E-state index is 0.789. The molecule has 0 saturated carbocycles. The highest BCUT2D eigenvalue weighted by Gasteiger charge is 2.00. The Morgan fingerprint density at radius 3 is 2.75 bits per heavy atom. The summed E-state index contributed by atoms with van der Waals surface area (Å²) in [6.07, 6.45) is 4.47. The second-order valence-electron chi connectivity index (χ2n) is 3.70. The van der Waals surface area contributed by atoms with Gasteiger partial charge in [0, 0.05) is 10.4 Å². The van der Waals surface area contributed by atoms with Gasteiger partial charge in [0.05, 0.1) is 6.61 Å². The Kier molecular flexibility index (Phi) is 6.90. The van der Waals surface area contributed by atoms with Gasteiger partial charge < -0.3 is 4.74 Å². The third-order valence-electron chi connectivity index (χ3n) is 2.44. The first kappa shape index (κ1) is 13.9. The average Bonchev–Trinajstić information content (AvgIpc) is 2.31. The number of unbranched alkanes of at least 4 members (excludes halogenated alkanes) is 2. The zero-order valence-electron chi connectivity index (χ0n) is 9.64. The van der Waals surface area contributed by atoms with Gasteiger partial charge in [-0.2, -0.15) is 0 Å². The predicted octanol–water partition coefficient (Wildman–Crippen LogP) is 4.85. The molecule has 0 fully saturated rings. The van der Waals surface area contributed by atoms with E-state index in [0.29, 0.717) is 0 Å². The summed E-state index contributed by atoms with van der Waals surface area (Å²) in [5.41, 5.74) is 1.15. The van der Waals surface area contributed by atoms with E-state index in [9.17, 15) is 0 Å². The van der Waals surface area contributed by atoms with Crippen LogP contribution in [0.2, 0.25) is 5.02 Å². The van der Waals surface area contributed by atoms with E-state index in [1.165, 1.54) is 12.8 Å². The topological polar surface area (TPSA) is 9.23 Å². The van der Waals surface area contributed by atoms with E-state index in [1.807, 2.05) is 18.2 Å². The van der Waals surface area contributed by atoms with Gasteiger partial charge in [-0.1, -0.05) is 34.5 Å². The van der Waals surface area contributed by atoms with Crippen molar-refractivity contribution < 1.29 is 4.74 Å². The molecule has 0 aliphatic rings. The van der Waals surface area contributed by atoms with Crippen molar-refractivity contribution in [2.75, 3.05) is 11.9 Å². The van der Waals surface area contributed by atoms with Crippen molar-refractivity contribution >= 4 is 27.5 Å². The fourth-order valence-electron chi connectivity index (χ4n) is 1.48. The maximum atomic E-state index is 6.04. The molecule has 0 N–H and O–H groups in total. The molecule has 0 aliphatic carbocycles. The molecule has 0 atom stereocenters. The monoisotopic (exact) mass is 304 g/mol. The Morgan fingerprint density at radius 1 is 1.25 bits per heavy atom. The summed E-state index contributed by atoms with van der Waals surface area (Å²) in [7, 11) is 0. The van der Waals surface area contributed by atoms with Gasteiger partial charge in [0.25, 0.3) is 0 Å². The normalized spacial score (nSPS) is 10.4. The molecule has 0 bridgehead atoms. The molecule has 1 aromatic carbocycles. The van der Waals surface area contributed by atoms with E-state index in [-0.39, 0.29) is 0 Å². The van der Waals surface area contributed by atoms with Crippen LogP contribution in [0.1, 0.15) is 31.7 Å². The van der Waals surface area contributed by atoms with Crippen molar-refractivity contribution in [3.05, 3.63) is 28.8 Å². The molecule has 1 aromatic rings. The molecule has 0 aromatic heterocycles. The summed E-state index contributed by atoms with van der Waals surface area (Å²) in [5.74, 6) is 0.931. The number of benzene rings is 1. The van der Waals surface area contributed by atoms with Gasteiger partial charge in [0.1, 0.15) is 5.75 Å². The highest BCUT2D eigenvalue weighted by molar-refractivity contribution is 9.09. The molecular formula is C13H18BrClO. The van der Waals surface area contributed by atoms with Crippen LogP contribution in [-0.4, -0.2) is 11.9 Å². The predicted molar refractivity (Wildman–Crippen MR) is 74.0 cm³/mol. The Labute approximate surface area is 111 Å². The molecule has 0 spiro atoms. The Morgan fingerprint density at radius 2 is 2.06 bits per heavy atom. The molecule has 1 nitrogen and oxygen atoms in total. The van der Waals surface area contributed by atoms with Crippen molar-refractivity contribution in [1.29, 1.82) is 0 Å². The highest BCUT2D eigenvalue weighted by Crippen LogP contribution is 2.22. The standard InChI is InChI=1S/C13H18BrClO/c1-2-11-10-12(6-7-13(11)15)16-9-5-3-4-8-14/h6-7,10H,2-5,8-9H2,1H3. The van der Waals surface area contributed by atoms with Crippen LogP contribution in [0.15, 0.2) is 18.2 Å². The van der Waals surface area contributed by atoms with Crippen LogP contribution in [0.25, 0.3) is 0 Å². The smallest absolute Gasteiger partial charge is 0.119 e. The van der Waals surface area contributed by atoms with Crippen molar-refractivity contribution in [2.24, 2.45) is 0 Å². The Balaban J connectivity index is 2.36. The lowest BCUT2D eigenvalue weighted by Gasteiger charge is -2.08. The lowest BCUT2D eigenvalue weighted by atomic mass is 10.1. The van der Waals surface area contributed by atoms with Crippen LogP contribution in [0.3, 0.4) is 0 Å². The zero-order valence-corrected chi connectivity index (χ0v) is 12.0. The number of alkyl halides is 1. The number of hydrogen-bond acceptors (Lipinski definition) is 1. The van der Waals surface area contributed by atoms with E-state index in [4.69, 9.17) is 16.3 Å². The first-order chi connectivity index (χ1) is 7.77. The summed E-state index contributed by atoms with van der Waals surface area (Å²) in [6.45, 7) is 2.89. The third kappa shape index (κ3) is 4.75. The number of halogens is 2. The van der Waals surface area contributed by atoms with E-state index >= 15 is 0 Å². The molecule has 0 radical (unpaired) electrons. The fourth-order valence-corrected chi connectivity index (χ4v) is 2.12. The quantitative estimate of drug-likeness (QED) is 0.517. The van der Waals surface area contributed by atoms with E-state index < -0.39 is 0 Å². The number of hydrogen-bond donors (Lipinski definition) is 0. The molecule has 16 heavy (non-hydrogen) atoms. The minimum Gasteiger partial charge on any atom is -0.494 e. The van der Waals surface area contributed by atoms with Gasteiger partial charge in [-0.15, -0.1) is 0 Å². The Bertz CT molecular complexity index is 315. The number of ether oxygens (including phenoxy) is 1. The van der Waals surface area contributed by atoms with Gasteiger partial charge in [-0.25, -0.2) is 0 Å². The molecular weight excluding hydrogens is 287 g/mol. The van der Waals surface area contributed by atoms with Crippen LogP contribution in [0.4, 0.5) is 0 Å². The lowest BCUT2D eigenvalue weighted by Crippen LogP contribution is -1.98. The van der Waals surface area contributed by atoms with Crippen LogP contribution in [0, 0.1) is 0 Å². The first-order valence-electron chi connectivity index (χ1n) is 5.75. The summed E-state index contributed by atoms with van der Waals surface area (Å²) in [5, 5.41) is 1.91. The second-order valence-corrected chi connectivity index (χ2v) is 4.91. The van der Waals surface area contributed by atoms with Gasteiger partial charge in [0.15, 0.2) is 0 Å². The molecule has 90 valence electrons. The van der Waals surface area contributed by atoms with Gasteiger partial charge >= 0.3 is 0 Å². The largest absolute Gasteiger partial charge is 0.494 e. The van der Waals surface area contributed by atoms with Crippen LogP contribution in [0.5, 0.6) is 5.75 Å².